The number of halogens is 1. The highest BCUT2D eigenvalue weighted by Gasteiger charge is 2.19. The molecule has 0 unspecified atom stereocenters. The lowest BCUT2D eigenvalue weighted by Crippen LogP contribution is -2.44. The summed E-state index contributed by atoms with van der Waals surface area (Å²) >= 11 is 0. The Kier molecular flexibility index (Phi) is 10.4. The van der Waals surface area contributed by atoms with Gasteiger partial charge in [0.1, 0.15) is 0 Å². The third-order valence-corrected chi connectivity index (χ3v) is 8.37. The molecule has 1 aliphatic heterocycles. The molecule has 1 saturated carbocycles. The van der Waals surface area contributed by atoms with Gasteiger partial charge in [0.2, 0.25) is 11.8 Å². The zero-order valence-corrected chi connectivity index (χ0v) is 25.5. The quantitative estimate of drug-likeness (QED) is 0.275. The first-order valence-electron chi connectivity index (χ1n) is 15.4. The average Bonchev–Trinajstić information content (AvgIpc) is 2.99. The molecule has 2 N–H and O–H groups in total. The molecule has 1 saturated heterocycles. The van der Waals surface area contributed by atoms with Gasteiger partial charge in [-0.25, -0.2) is 14.2 Å². The van der Waals surface area contributed by atoms with Gasteiger partial charge in [-0.2, -0.15) is 4.98 Å². The van der Waals surface area contributed by atoms with E-state index in [1.807, 2.05) is 32.0 Å². The van der Waals surface area contributed by atoms with Crippen molar-refractivity contribution in [3.63, 3.8) is 0 Å². The van der Waals surface area contributed by atoms with E-state index < -0.39 is 11.9 Å². The molecule has 1 amide bonds. The molecule has 0 radical (unpaired) electrons. The van der Waals surface area contributed by atoms with Gasteiger partial charge >= 0.3 is 6.09 Å². The second kappa shape index (κ2) is 14.6. The van der Waals surface area contributed by atoms with Crippen LogP contribution in [0.3, 0.4) is 0 Å². The highest BCUT2D eigenvalue weighted by molar-refractivity contribution is 5.72. The number of rotatable bonds is 10. The summed E-state index contributed by atoms with van der Waals surface area (Å²) in [4.78, 5) is 26.6. The van der Waals surface area contributed by atoms with Crippen molar-refractivity contribution in [2.75, 3.05) is 51.7 Å². The smallest absolute Gasteiger partial charge is 0.414 e. The Bertz CT molecular complexity index is 1390. The van der Waals surface area contributed by atoms with Gasteiger partial charge in [0.05, 0.1) is 12.3 Å². The van der Waals surface area contributed by atoms with Crippen molar-refractivity contribution in [1.82, 2.24) is 25.1 Å². The molecule has 0 bridgehead atoms. The summed E-state index contributed by atoms with van der Waals surface area (Å²) in [7, 11) is 2.14. The van der Waals surface area contributed by atoms with Crippen molar-refractivity contribution >= 4 is 17.7 Å². The third-order valence-electron chi connectivity index (χ3n) is 8.37. The van der Waals surface area contributed by atoms with Crippen LogP contribution in [-0.2, 0) is 0 Å². The lowest BCUT2D eigenvalue weighted by molar-refractivity contribution is 0.145. The van der Waals surface area contributed by atoms with E-state index in [-0.39, 0.29) is 23.6 Å². The average molecular weight is 591 g/mol. The van der Waals surface area contributed by atoms with Crippen molar-refractivity contribution < 1.29 is 18.7 Å². The van der Waals surface area contributed by atoms with E-state index in [1.54, 1.807) is 18.2 Å². The number of nitrogens with zero attached hydrogens (tertiary/aromatic N) is 4. The SMILES string of the molecule is Cc1cccc(-c2cc(OC(=O)NC3CCCCC3)nc(Nc3ccc(OCCCN4CCN(C)CC4)c(F)c3)n2)c1C. The Hall–Kier alpha value is -3.76. The summed E-state index contributed by atoms with van der Waals surface area (Å²) in [5, 5.41) is 6.05. The predicted octanol–water partition coefficient (Wildman–Crippen LogP) is 6.08. The topological polar surface area (TPSA) is 91.8 Å². The van der Waals surface area contributed by atoms with Crippen LogP contribution in [-0.4, -0.2) is 78.3 Å². The fourth-order valence-corrected chi connectivity index (χ4v) is 5.60. The van der Waals surface area contributed by atoms with Gasteiger partial charge in [-0.05, 0) is 63.4 Å². The Balaban J connectivity index is 1.26. The summed E-state index contributed by atoms with van der Waals surface area (Å²) in [6, 6.07) is 12.4. The molecule has 5 rings (SSSR count). The number of likely N-dealkylation sites (N-methyl/N-ethyl adjacent to an activating group) is 1. The van der Waals surface area contributed by atoms with Crippen LogP contribution >= 0.6 is 0 Å². The number of nitrogens with one attached hydrogen (secondary N) is 2. The predicted molar refractivity (Wildman–Crippen MR) is 167 cm³/mol. The molecule has 2 fully saturated rings. The summed E-state index contributed by atoms with van der Waals surface area (Å²) in [5.41, 5.74) is 4.13. The number of aromatic nitrogens is 2. The Morgan fingerprint density at radius 2 is 1.81 bits per heavy atom. The summed E-state index contributed by atoms with van der Waals surface area (Å²) in [6.45, 7) is 9.69. The lowest BCUT2D eigenvalue weighted by atomic mass is 9.96. The maximum Gasteiger partial charge on any atom is 0.414 e. The molecular formula is C33H43FN6O3. The Morgan fingerprint density at radius 3 is 2.58 bits per heavy atom. The van der Waals surface area contributed by atoms with Crippen LogP contribution in [0, 0.1) is 19.7 Å². The van der Waals surface area contributed by atoms with Gasteiger partial charge in [0, 0.05) is 62.1 Å². The number of carbonyl (C=O) groups is 1. The van der Waals surface area contributed by atoms with Crippen LogP contribution in [0.2, 0.25) is 0 Å². The maximum absolute atomic E-state index is 15.0. The first-order valence-corrected chi connectivity index (χ1v) is 15.4. The van der Waals surface area contributed by atoms with E-state index in [2.05, 4.69) is 32.5 Å². The fourth-order valence-electron chi connectivity index (χ4n) is 5.60. The van der Waals surface area contributed by atoms with Crippen LogP contribution in [0.4, 0.5) is 20.8 Å². The highest BCUT2D eigenvalue weighted by atomic mass is 19.1. The largest absolute Gasteiger partial charge is 0.490 e. The number of piperazine rings is 1. The Labute approximate surface area is 253 Å². The van der Waals surface area contributed by atoms with E-state index in [0.29, 0.717) is 18.0 Å². The number of carbonyl (C=O) groups excluding carboxylic acids is 1. The molecule has 10 heteroatoms. The van der Waals surface area contributed by atoms with Crippen molar-refractivity contribution in [3.05, 3.63) is 59.4 Å². The molecule has 2 aromatic carbocycles. The first-order chi connectivity index (χ1) is 20.8. The van der Waals surface area contributed by atoms with Crippen molar-refractivity contribution in [2.45, 2.75) is 58.4 Å². The van der Waals surface area contributed by atoms with Crippen LogP contribution in [0.5, 0.6) is 11.6 Å². The number of aryl methyl sites for hydroxylation is 1. The minimum atomic E-state index is -0.538. The summed E-state index contributed by atoms with van der Waals surface area (Å²) in [5.74, 6) is 0.0395. The molecule has 230 valence electrons. The van der Waals surface area contributed by atoms with Crippen LogP contribution in [0.15, 0.2) is 42.5 Å². The van der Waals surface area contributed by atoms with Gasteiger partial charge in [-0.3, -0.25) is 0 Å². The minimum absolute atomic E-state index is 0.106. The van der Waals surface area contributed by atoms with Crippen LogP contribution in [0.25, 0.3) is 11.3 Å². The molecule has 1 aliphatic carbocycles. The normalized spacial score (nSPS) is 16.6. The van der Waals surface area contributed by atoms with Crippen molar-refractivity contribution in [1.29, 1.82) is 0 Å². The summed E-state index contributed by atoms with van der Waals surface area (Å²) < 4.78 is 26.4. The Morgan fingerprint density at radius 1 is 1.02 bits per heavy atom. The molecule has 3 aromatic rings. The molecule has 0 spiro atoms. The second-order valence-electron chi connectivity index (χ2n) is 11.6. The molecule has 43 heavy (non-hydrogen) atoms. The number of hydrogen-bond acceptors (Lipinski definition) is 8. The fraction of sp³-hybridized carbons (Fsp3) is 0.485. The van der Waals surface area contributed by atoms with E-state index in [4.69, 9.17) is 14.5 Å². The molecule has 1 aromatic heterocycles. The van der Waals surface area contributed by atoms with Crippen molar-refractivity contribution in [3.8, 4) is 22.9 Å². The molecular weight excluding hydrogens is 547 g/mol. The number of benzene rings is 2. The second-order valence-corrected chi connectivity index (χ2v) is 11.6. The zero-order chi connectivity index (χ0) is 30.2. The highest BCUT2D eigenvalue weighted by Crippen LogP contribution is 2.29. The number of ether oxygens (including phenoxy) is 2. The van der Waals surface area contributed by atoms with E-state index in [9.17, 15) is 9.18 Å². The van der Waals surface area contributed by atoms with Crippen LogP contribution < -0.4 is 20.1 Å². The number of amides is 1. The minimum Gasteiger partial charge on any atom is -0.490 e. The van der Waals surface area contributed by atoms with Crippen LogP contribution in [0.1, 0.15) is 49.7 Å². The van der Waals surface area contributed by atoms with E-state index in [0.717, 1.165) is 81.5 Å². The molecule has 2 heterocycles. The van der Waals surface area contributed by atoms with Gasteiger partial charge in [-0.15, -0.1) is 0 Å². The monoisotopic (exact) mass is 590 g/mol. The lowest BCUT2D eigenvalue weighted by Gasteiger charge is -2.32. The van der Waals surface area contributed by atoms with Gasteiger partial charge < -0.3 is 29.9 Å². The standard InChI is InChI=1S/C33H43FN6O3/c1-23-9-7-12-27(24(23)2)29-22-31(43-33(41)36-25-10-5-4-6-11-25)38-32(37-29)35-26-13-14-30(28(34)21-26)42-20-8-15-40-18-16-39(3)17-19-40/h7,9,12-14,21-22,25H,4-6,8,10-11,15-20H2,1-3H3,(H,36,41)(H,35,37,38). The molecule has 9 nitrogen and oxygen atoms in total. The van der Waals surface area contributed by atoms with Gasteiger partial charge in [0.15, 0.2) is 11.6 Å². The van der Waals surface area contributed by atoms with Gasteiger partial charge in [-0.1, -0.05) is 37.5 Å². The number of hydrogen-bond donors (Lipinski definition) is 2. The van der Waals surface area contributed by atoms with Crippen molar-refractivity contribution in [2.24, 2.45) is 0 Å². The number of anilines is 2. The molecule has 0 atom stereocenters. The van der Waals surface area contributed by atoms with Gasteiger partial charge in [0.25, 0.3) is 0 Å². The first kappa shape index (κ1) is 30.7. The molecule has 2 aliphatic rings. The third kappa shape index (κ3) is 8.64. The maximum atomic E-state index is 15.0. The summed E-state index contributed by atoms with van der Waals surface area (Å²) in [6.07, 6.45) is 5.57. The van der Waals surface area contributed by atoms with E-state index in [1.165, 1.54) is 12.5 Å². The van der Waals surface area contributed by atoms with E-state index >= 15 is 0 Å². The zero-order valence-electron chi connectivity index (χ0n) is 25.5.